The predicted octanol–water partition coefficient (Wildman–Crippen LogP) is 5.95. The molecule has 0 heterocycles. The number of rotatable bonds is 4. The molecule has 0 aliphatic heterocycles. The second-order valence-electron chi connectivity index (χ2n) is 7.09. The van der Waals surface area contributed by atoms with Crippen LogP contribution in [0.3, 0.4) is 0 Å². The third kappa shape index (κ3) is 4.16. The Bertz CT molecular complexity index is 676. The van der Waals surface area contributed by atoms with E-state index in [-0.39, 0.29) is 17.3 Å². The number of aliphatic hydroxyl groups is 1. The third-order valence-electron chi connectivity index (χ3n) is 3.79. The van der Waals surface area contributed by atoms with Crippen molar-refractivity contribution < 1.29 is 9.84 Å². The van der Waals surface area contributed by atoms with E-state index in [1.807, 2.05) is 54.6 Å². The van der Waals surface area contributed by atoms with Crippen LogP contribution in [0.15, 0.2) is 60.5 Å². The molecule has 2 nitrogen and oxygen atoms in total. The van der Waals surface area contributed by atoms with Crippen LogP contribution in [0.5, 0.6) is 5.75 Å². The quantitative estimate of drug-likeness (QED) is 0.707. The van der Waals surface area contributed by atoms with E-state index in [1.165, 1.54) is 0 Å². The summed E-state index contributed by atoms with van der Waals surface area (Å²) in [7, 11) is 0. The molecule has 0 unspecified atom stereocenters. The van der Waals surface area contributed by atoms with Gasteiger partial charge in [-0.2, -0.15) is 0 Å². The lowest BCUT2D eigenvalue weighted by molar-refractivity contribution is 0.206. The van der Waals surface area contributed by atoms with Crippen LogP contribution in [-0.4, -0.2) is 5.11 Å². The van der Waals surface area contributed by atoms with Gasteiger partial charge in [0.2, 0.25) is 0 Å². The van der Waals surface area contributed by atoms with Crippen molar-refractivity contribution in [1.82, 2.24) is 0 Å². The summed E-state index contributed by atoms with van der Waals surface area (Å²) < 4.78 is 5.89. The van der Waals surface area contributed by atoms with Crippen LogP contribution >= 0.6 is 0 Å². The fourth-order valence-electron chi connectivity index (χ4n) is 2.66. The predicted molar refractivity (Wildman–Crippen MR) is 96.6 cm³/mol. The first-order valence-corrected chi connectivity index (χ1v) is 8.06. The minimum absolute atomic E-state index is 0.0251. The molecule has 122 valence electrons. The molecule has 0 bridgehead atoms. The van der Waals surface area contributed by atoms with Gasteiger partial charge in [-0.25, -0.2) is 0 Å². The van der Waals surface area contributed by atoms with Crippen LogP contribution in [0.25, 0.3) is 5.57 Å². The summed E-state index contributed by atoms with van der Waals surface area (Å²) in [6, 6.07) is 17.7. The lowest BCUT2D eigenvalue weighted by Gasteiger charge is -2.23. The first kappa shape index (κ1) is 17.1. The highest BCUT2D eigenvalue weighted by molar-refractivity contribution is 5.68. The molecule has 2 aromatic carbocycles. The second-order valence-corrected chi connectivity index (χ2v) is 7.09. The second kappa shape index (κ2) is 6.91. The van der Waals surface area contributed by atoms with Crippen LogP contribution in [0.4, 0.5) is 0 Å². The minimum Gasteiger partial charge on any atom is -0.480 e. The van der Waals surface area contributed by atoms with Crippen LogP contribution in [0, 0.1) is 5.92 Å². The van der Waals surface area contributed by atoms with Crippen molar-refractivity contribution in [1.29, 1.82) is 0 Å². The summed E-state index contributed by atoms with van der Waals surface area (Å²) in [5.41, 5.74) is 2.81. The van der Waals surface area contributed by atoms with Gasteiger partial charge in [0.1, 0.15) is 5.75 Å². The van der Waals surface area contributed by atoms with E-state index >= 15 is 0 Å². The first-order chi connectivity index (χ1) is 10.8. The number of hydrogen-bond donors (Lipinski definition) is 1. The molecule has 0 amide bonds. The molecule has 2 rings (SSSR count). The molecular formula is C21H26O2. The molecule has 0 radical (unpaired) electrons. The molecule has 23 heavy (non-hydrogen) atoms. The van der Waals surface area contributed by atoms with E-state index in [4.69, 9.17) is 4.74 Å². The highest BCUT2D eigenvalue weighted by atomic mass is 16.6. The molecule has 0 saturated heterocycles. The first-order valence-electron chi connectivity index (χ1n) is 8.06. The molecule has 0 aliphatic rings. The molecule has 0 aromatic heterocycles. The van der Waals surface area contributed by atoms with Gasteiger partial charge >= 0.3 is 0 Å². The highest BCUT2D eigenvalue weighted by Crippen LogP contribution is 2.34. The Kier molecular flexibility index (Phi) is 5.15. The zero-order valence-electron chi connectivity index (χ0n) is 14.6. The fraction of sp³-hybridized carbons (Fsp3) is 0.333. The van der Waals surface area contributed by atoms with Crippen molar-refractivity contribution in [3.8, 4) is 5.75 Å². The van der Waals surface area contributed by atoms with Gasteiger partial charge < -0.3 is 9.84 Å². The van der Waals surface area contributed by atoms with Crippen molar-refractivity contribution in [2.24, 2.45) is 5.92 Å². The van der Waals surface area contributed by atoms with Gasteiger partial charge in [-0.1, -0.05) is 83.1 Å². The smallest absolute Gasteiger partial charge is 0.286 e. The monoisotopic (exact) mass is 310 g/mol. The molecule has 0 atom stereocenters. The van der Waals surface area contributed by atoms with Crippen molar-refractivity contribution in [2.75, 3.05) is 0 Å². The molecule has 0 fully saturated rings. The maximum absolute atomic E-state index is 10.6. The van der Waals surface area contributed by atoms with Crippen molar-refractivity contribution >= 4 is 5.57 Å². The van der Waals surface area contributed by atoms with Gasteiger partial charge in [-0.05, 0) is 23.0 Å². The minimum atomic E-state index is -0.0540. The largest absolute Gasteiger partial charge is 0.480 e. The lowest BCUT2D eigenvalue weighted by Crippen LogP contribution is -2.14. The van der Waals surface area contributed by atoms with Gasteiger partial charge in [-0.15, -0.1) is 0 Å². The number of para-hydroxylation sites is 1. The standard InChI is InChI=1S/C21H26O2/c1-15(2)19(16-11-7-6-8-12-16)20(22)23-18-14-10-9-13-17(18)21(3,4)5/h6-15,22H,1-5H3/b20-19+. The Morgan fingerprint density at radius 2 is 1.48 bits per heavy atom. The summed E-state index contributed by atoms with van der Waals surface area (Å²) in [6.45, 7) is 10.5. The molecule has 2 heteroatoms. The molecule has 0 spiro atoms. The summed E-state index contributed by atoms with van der Waals surface area (Å²) in [4.78, 5) is 0. The Balaban J connectivity index is 2.45. The van der Waals surface area contributed by atoms with Gasteiger partial charge in [0, 0.05) is 11.1 Å². The van der Waals surface area contributed by atoms with E-state index in [9.17, 15) is 5.11 Å². The maximum Gasteiger partial charge on any atom is 0.286 e. The van der Waals surface area contributed by atoms with Crippen molar-refractivity contribution in [3.63, 3.8) is 0 Å². The summed E-state index contributed by atoms with van der Waals surface area (Å²) in [5, 5.41) is 10.6. The summed E-state index contributed by atoms with van der Waals surface area (Å²) in [6.07, 6.45) is 0. The Labute approximate surface area is 139 Å². The van der Waals surface area contributed by atoms with Crippen molar-refractivity contribution in [2.45, 2.75) is 40.0 Å². The van der Waals surface area contributed by atoms with Crippen LogP contribution in [0.2, 0.25) is 0 Å². The van der Waals surface area contributed by atoms with Gasteiger partial charge in [0.05, 0.1) is 0 Å². The third-order valence-corrected chi connectivity index (χ3v) is 3.79. The number of benzene rings is 2. The molecular weight excluding hydrogens is 284 g/mol. The van der Waals surface area contributed by atoms with Crippen LogP contribution in [0.1, 0.15) is 45.7 Å². The van der Waals surface area contributed by atoms with E-state index < -0.39 is 0 Å². The summed E-state index contributed by atoms with van der Waals surface area (Å²) in [5.74, 6) is 0.827. The van der Waals surface area contributed by atoms with Crippen LogP contribution in [-0.2, 0) is 5.41 Å². The highest BCUT2D eigenvalue weighted by Gasteiger charge is 2.21. The number of ether oxygens (including phenoxy) is 1. The SMILES string of the molecule is CC(C)/C(=C(/O)Oc1ccccc1C(C)(C)C)c1ccccc1. The Morgan fingerprint density at radius 3 is 2.04 bits per heavy atom. The van der Waals surface area contributed by atoms with Gasteiger partial charge in [0.15, 0.2) is 0 Å². The van der Waals surface area contributed by atoms with E-state index in [0.717, 1.165) is 16.7 Å². The van der Waals surface area contributed by atoms with E-state index in [0.29, 0.717) is 5.75 Å². The summed E-state index contributed by atoms with van der Waals surface area (Å²) >= 11 is 0. The van der Waals surface area contributed by atoms with E-state index in [2.05, 4.69) is 34.6 Å². The Hall–Kier alpha value is -2.22. The molecule has 0 aliphatic carbocycles. The van der Waals surface area contributed by atoms with E-state index in [1.54, 1.807) is 0 Å². The van der Waals surface area contributed by atoms with Crippen LogP contribution < -0.4 is 4.74 Å². The topological polar surface area (TPSA) is 29.5 Å². The normalized spacial score (nSPS) is 13.0. The van der Waals surface area contributed by atoms with Gasteiger partial charge in [-0.3, -0.25) is 0 Å². The Morgan fingerprint density at radius 1 is 0.913 bits per heavy atom. The lowest BCUT2D eigenvalue weighted by atomic mass is 9.86. The number of aliphatic hydroxyl groups excluding tert-OH is 1. The average molecular weight is 310 g/mol. The average Bonchev–Trinajstić information content (AvgIpc) is 2.47. The molecule has 1 N–H and O–H groups in total. The number of hydrogen-bond acceptors (Lipinski definition) is 2. The molecule has 2 aromatic rings. The molecule has 0 saturated carbocycles. The number of allylic oxidation sites excluding steroid dienone is 1. The zero-order chi connectivity index (χ0) is 17.0. The van der Waals surface area contributed by atoms with Crippen molar-refractivity contribution in [3.05, 3.63) is 71.7 Å². The fourth-order valence-corrected chi connectivity index (χ4v) is 2.66. The zero-order valence-corrected chi connectivity index (χ0v) is 14.6. The maximum atomic E-state index is 10.6. The van der Waals surface area contributed by atoms with Gasteiger partial charge in [0.25, 0.3) is 5.95 Å².